The van der Waals surface area contributed by atoms with Gasteiger partial charge in [0, 0.05) is 33.1 Å². The van der Waals surface area contributed by atoms with Crippen LogP contribution in [0.25, 0.3) is 10.8 Å². The zero-order valence-electron chi connectivity index (χ0n) is 19.2. The second-order valence-electron chi connectivity index (χ2n) is 7.66. The Labute approximate surface area is 196 Å². The van der Waals surface area contributed by atoms with E-state index in [1.54, 1.807) is 12.1 Å². The fourth-order valence-corrected chi connectivity index (χ4v) is 3.71. The number of hydrogen-bond donors (Lipinski definition) is 0. The van der Waals surface area contributed by atoms with Crippen LogP contribution in [0.1, 0.15) is 27.7 Å². The Hall–Kier alpha value is -3.66. The lowest BCUT2D eigenvalue weighted by Crippen LogP contribution is -2.63. The zero-order chi connectivity index (χ0) is 24.8. The molecule has 0 N–H and O–H groups in total. The standard InChI is InChI=1S/C24H26O10/c1-13(25)29-12-20-21(30-14(2)26)22(31-15(3)27)23(32-16(4)28)24(34-20)33-19-11-7-9-17-8-5-6-10-18(17)19/h5-11,20-24H,12H2,1-4H3/t20-,21+,22-,23+,24+/m0/s1. The highest BCUT2D eigenvalue weighted by atomic mass is 16.7. The van der Waals surface area contributed by atoms with Crippen molar-refractivity contribution in [3.8, 4) is 5.75 Å². The van der Waals surface area contributed by atoms with Gasteiger partial charge in [0.2, 0.25) is 12.4 Å². The van der Waals surface area contributed by atoms with Crippen LogP contribution < -0.4 is 4.74 Å². The molecule has 2 aromatic rings. The van der Waals surface area contributed by atoms with Crippen LogP contribution in [-0.4, -0.2) is 61.2 Å². The monoisotopic (exact) mass is 474 g/mol. The number of hydrogen-bond acceptors (Lipinski definition) is 10. The van der Waals surface area contributed by atoms with Crippen molar-refractivity contribution in [1.82, 2.24) is 0 Å². The molecule has 1 heterocycles. The number of fused-ring (bicyclic) bond motifs is 1. The quantitative estimate of drug-likeness (QED) is 0.436. The molecule has 0 aliphatic carbocycles. The molecule has 0 saturated carbocycles. The molecule has 1 fully saturated rings. The van der Waals surface area contributed by atoms with Crippen LogP contribution in [0.15, 0.2) is 42.5 Å². The molecular weight excluding hydrogens is 448 g/mol. The molecule has 34 heavy (non-hydrogen) atoms. The molecule has 1 aliphatic rings. The second kappa shape index (κ2) is 11.0. The van der Waals surface area contributed by atoms with Gasteiger partial charge < -0.3 is 28.4 Å². The lowest BCUT2D eigenvalue weighted by Gasteiger charge is -2.44. The number of carbonyl (C=O) groups excluding carboxylic acids is 4. The molecule has 0 amide bonds. The Morgan fingerprint density at radius 3 is 1.97 bits per heavy atom. The maximum atomic E-state index is 11.9. The fourth-order valence-electron chi connectivity index (χ4n) is 3.71. The van der Waals surface area contributed by atoms with Gasteiger partial charge in [-0.3, -0.25) is 19.2 Å². The molecule has 1 aliphatic heterocycles. The van der Waals surface area contributed by atoms with E-state index in [1.807, 2.05) is 30.3 Å². The SMILES string of the molecule is CC(=O)OC[C@@H]1O[C@@H](Oc2cccc3ccccc23)[C@H](OC(C)=O)[C@@H](OC(C)=O)[C@@H]1OC(C)=O. The normalized spacial score (nSPS) is 24.1. The van der Waals surface area contributed by atoms with Gasteiger partial charge in [0.25, 0.3) is 0 Å². The van der Waals surface area contributed by atoms with Gasteiger partial charge in [-0.2, -0.15) is 0 Å². The summed E-state index contributed by atoms with van der Waals surface area (Å²) in [6, 6.07) is 12.8. The van der Waals surface area contributed by atoms with E-state index in [-0.39, 0.29) is 6.61 Å². The van der Waals surface area contributed by atoms with Crippen molar-refractivity contribution < 1.29 is 47.6 Å². The molecule has 0 aromatic heterocycles. The Kier molecular flexibility index (Phi) is 8.06. The molecule has 1 saturated heterocycles. The molecular formula is C24H26O10. The summed E-state index contributed by atoms with van der Waals surface area (Å²) in [5, 5.41) is 1.66. The third kappa shape index (κ3) is 6.22. The first-order valence-corrected chi connectivity index (χ1v) is 10.6. The minimum atomic E-state index is -1.29. The first-order valence-electron chi connectivity index (χ1n) is 10.6. The predicted octanol–water partition coefficient (Wildman–Crippen LogP) is 2.30. The molecule has 10 nitrogen and oxygen atoms in total. The molecule has 182 valence electrons. The molecule has 0 spiro atoms. The molecule has 10 heteroatoms. The van der Waals surface area contributed by atoms with Crippen molar-refractivity contribution in [1.29, 1.82) is 0 Å². The number of carbonyl (C=O) groups is 4. The van der Waals surface area contributed by atoms with Gasteiger partial charge in [-0.1, -0.05) is 36.4 Å². The Bertz CT molecular complexity index is 1060. The second-order valence-corrected chi connectivity index (χ2v) is 7.66. The lowest BCUT2D eigenvalue weighted by atomic mass is 9.98. The van der Waals surface area contributed by atoms with Crippen LogP contribution in [0.3, 0.4) is 0 Å². The van der Waals surface area contributed by atoms with E-state index in [9.17, 15) is 19.2 Å². The average Bonchev–Trinajstić information content (AvgIpc) is 2.75. The van der Waals surface area contributed by atoms with Gasteiger partial charge in [0.05, 0.1) is 0 Å². The van der Waals surface area contributed by atoms with Crippen molar-refractivity contribution in [2.45, 2.75) is 58.4 Å². The molecule has 0 unspecified atom stereocenters. The third-order valence-electron chi connectivity index (χ3n) is 4.94. The average molecular weight is 474 g/mol. The smallest absolute Gasteiger partial charge is 0.303 e. The molecule has 2 aromatic carbocycles. The van der Waals surface area contributed by atoms with Crippen LogP contribution in [0, 0.1) is 0 Å². The van der Waals surface area contributed by atoms with Crippen LogP contribution >= 0.6 is 0 Å². The Balaban J connectivity index is 2.03. The van der Waals surface area contributed by atoms with E-state index in [2.05, 4.69) is 0 Å². The predicted molar refractivity (Wildman–Crippen MR) is 117 cm³/mol. The number of ether oxygens (including phenoxy) is 6. The van der Waals surface area contributed by atoms with Crippen LogP contribution in [0.5, 0.6) is 5.75 Å². The van der Waals surface area contributed by atoms with E-state index in [4.69, 9.17) is 28.4 Å². The van der Waals surface area contributed by atoms with Crippen molar-refractivity contribution in [2.24, 2.45) is 0 Å². The third-order valence-corrected chi connectivity index (χ3v) is 4.94. The van der Waals surface area contributed by atoms with Crippen molar-refractivity contribution >= 4 is 34.6 Å². The van der Waals surface area contributed by atoms with E-state index in [1.165, 1.54) is 13.8 Å². The fraction of sp³-hybridized carbons (Fsp3) is 0.417. The van der Waals surface area contributed by atoms with Gasteiger partial charge >= 0.3 is 23.9 Å². The highest BCUT2D eigenvalue weighted by Crippen LogP contribution is 2.33. The first kappa shape index (κ1) is 25.0. The molecule has 5 atom stereocenters. The summed E-state index contributed by atoms with van der Waals surface area (Å²) in [5.74, 6) is -2.29. The summed E-state index contributed by atoms with van der Waals surface area (Å²) < 4.78 is 33.4. The number of esters is 4. The first-order chi connectivity index (χ1) is 16.2. The summed E-state index contributed by atoms with van der Waals surface area (Å²) in [6.07, 6.45) is -6.19. The summed E-state index contributed by atoms with van der Waals surface area (Å²) >= 11 is 0. The Morgan fingerprint density at radius 1 is 0.735 bits per heavy atom. The lowest BCUT2D eigenvalue weighted by molar-refractivity contribution is -0.288. The van der Waals surface area contributed by atoms with Crippen LogP contribution in [0.4, 0.5) is 0 Å². The molecule has 0 radical (unpaired) electrons. The minimum Gasteiger partial charge on any atom is -0.463 e. The van der Waals surface area contributed by atoms with Gasteiger partial charge in [0.1, 0.15) is 18.5 Å². The largest absolute Gasteiger partial charge is 0.463 e. The molecule has 3 rings (SSSR count). The number of benzene rings is 2. The summed E-state index contributed by atoms with van der Waals surface area (Å²) in [4.78, 5) is 47.1. The Morgan fingerprint density at radius 2 is 1.32 bits per heavy atom. The topological polar surface area (TPSA) is 124 Å². The van der Waals surface area contributed by atoms with Gasteiger partial charge in [-0.05, 0) is 11.5 Å². The van der Waals surface area contributed by atoms with E-state index < -0.39 is 54.6 Å². The summed E-state index contributed by atoms with van der Waals surface area (Å²) in [5.41, 5.74) is 0. The zero-order valence-corrected chi connectivity index (χ0v) is 19.2. The molecule has 0 bridgehead atoms. The summed E-state index contributed by atoms with van der Waals surface area (Å²) in [6.45, 7) is 4.37. The van der Waals surface area contributed by atoms with Crippen molar-refractivity contribution in [3.05, 3.63) is 42.5 Å². The highest BCUT2D eigenvalue weighted by Gasteiger charge is 2.53. The van der Waals surface area contributed by atoms with Gasteiger partial charge in [-0.25, -0.2) is 0 Å². The van der Waals surface area contributed by atoms with Gasteiger partial charge in [0.15, 0.2) is 12.2 Å². The van der Waals surface area contributed by atoms with E-state index in [0.29, 0.717) is 5.75 Å². The van der Waals surface area contributed by atoms with Crippen LogP contribution in [-0.2, 0) is 42.9 Å². The van der Waals surface area contributed by atoms with Crippen LogP contribution in [0.2, 0.25) is 0 Å². The maximum Gasteiger partial charge on any atom is 0.303 e. The van der Waals surface area contributed by atoms with Crippen molar-refractivity contribution in [2.75, 3.05) is 6.61 Å². The van der Waals surface area contributed by atoms with Crippen molar-refractivity contribution in [3.63, 3.8) is 0 Å². The van der Waals surface area contributed by atoms with Gasteiger partial charge in [-0.15, -0.1) is 0 Å². The number of rotatable bonds is 7. The minimum absolute atomic E-state index is 0.326. The highest BCUT2D eigenvalue weighted by molar-refractivity contribution is 5.88. The maximum absolute atomic E-state index is 11.9. The van der Waals surface area contributed by atoms with E-state index in [0.717, 1.165) is 24.6 Å². The van der Waals surface area contributed by atoms with E-state index >= 15 is 0 Å². The summed E-state index contributed by atoms with van der Waals surface area (Å²) in [7, 11) is 0.